The predicted molar refractivity (Wildman–Crippen MR) is 62.6 cm³/mol. The summed E-state index contributed by atoms with van der Waals surface area (Å²) in [5, 5.41) is 0. The molecule has 2 aliphatic rings. The Hall–Kier alpha value is -0.480. The molecule has 0 unspecified atom stereocenters. The van der Waals surface area contributed by atoms with E-state index in [1.54, 1.807) is 0 Å². The summed E-state index contributed by atoms with van der Waals surface area (Å²) in [6, 6.07) is 0. The lowest BCUT2D eigenvalue weighted by molar-refractivity contribution is 0.235. The molecule has 0 aromatic rings. The molecule has 0 N–H and O–H groups in total. The predicted octanol–water partition coefficient (Wildman–Crippen LogP) is 3.67. The fourth-order valence-corrected chi connectivity index (χ4v) is 2.52. The molecule has 0 amide bonds. The van der Waals surface area contributed by atoms with Crippen molar-refractivity contribution in [3.05, 3.63) is 0 Å². The Bertz CT molecular complexity index is 252. The minimum atomic E-state index is 0.218. The number of unbranched alkanes of at least 4 members (excludes halogenated alkanes) is 3. The van der Waals surface area contributed by atoms with Gasteiger partial charge in [-0.3, -0.25) is 0 Å². The van der Waals surface area contributed by atoms with Gasteiger partial charge in [0, 0.05) is 6.42 Å². The van der Waals surface area contributed by atoms with Crippen LogP contribution >= 0.6 is 0 Å². The highest BCUT2D eigenvalue weighted by atomic mass is 16.6. The number of epoxide rings is 1. The summed E-state index contributed by atoms with van der Waals surface area (Å²) in [6.07, 6.45) is 11.8. The van der Waals surface area contributed by atoms with Crippen LogP contribution in [0.1, 0.15) is 64.7 Å². The molecule has 2 fully saturated rings. The van der Waals surface area contributed by atoms with Crippen molar-refractivity contribution in [1.29, 1.82) is 0 Å². The molecule has 1 heteroatoms. The third kappa shape index (κ3) is 2.75. The van der Waals surface area contributed by atoms with E-state index in [4.69, 9.17) is 4.74 Å². The van der Waals surface area contributed by atoms with Crippen molar-refractivity contribution in [2.24, 2.45) is 0 Å². The van der Waals surface area contributed by atoms with Crippen LogP contribution in [0.2, 0.25) is 0 Å². The molecule has 0 aromatic carbocycles. The fraction of sp³-hybridized carbons (Fsp3) is 0.857. The normalized spacial score (nSPS) is 27.1. The zero-order chi connectivity index (χ0) is 10.6. The van der Waals surface area contributed by atoms with Crippen LogP contribution in [0.4, 0.5) is 0 Å². The van der Waals surface area contributed by atoms with Gasteiger partial charge in [0.15, 0.2) is 0 Å². The molecular formula is C14H22O. The number of hydrogen-bond donors (Lipinski definition) is 0. The Kier molecular flexibility index (Phi) is 3.70. The standard InChI is InChI=1S/C14H22O/c1-2-3-4-5-7-10-13-14(15-13)11-8-6-9-12-14/h13H,2-6,8-9,11-12H2,1H3/t13-/m1/s1. The zero-order valence-corrected chi connectivity index (χ0v) is 9.85. The second-order valence-electron chi connectivity index (χ2n) is 4.90. The van der Waals surface area contributed by atoms with E-state index in [0.29, 0.717) is 6.10 Å². The second-order valence-corrected chi connectivity index (χ2v) is 4.90. The van der Waals surface area contributed by atoms with Crippen LogP contribution in [0.25, 0.3) is 0 Å². The van der Waals surface area contributed by atoms with Crippen LogP contribution in [0, 0.1) is 11.8 Å². The average molecular weight is 206 g/mol. The average Bonchev–Trinajstić information content (AvgIpc) is 2.92. The van der Waals surface area contributed by atoms with Gasteiger partial charge in [-0.1, -0.05) is 44.9 Å². The van der Waals surface area contributed by atoms with Gasteiger partial charge in [-0.15, -0.1) is 5.92 Å². The van der Waals surface area contributed by atoms with Crippen molar-refractivity contribution in [1.82, 2.24) is 0 Å². The summed E-state index contributed by atoms with van der Waals surface area (Å²) in [6.45, 7) is 2.23. The van der Waals surface area contributed by atoms with E-state index in [9.17, 15) is 0 Å². The molecule has 1 nitrogen and oxygen atoms in total. The zero-order valence-electron chi connectivity index (χ0n) is 9.85. The quantitative estimate of drug-likeness (QED) is 0.390. The van der Waals surface area contributed by atoms with Gasteiger partial charge in [-0.05, 0) is 19.3 Å². The second kappa shape index (κ2) is 5.03. The lowest BCUT2D eigenvalue weighted by Crippen LogP contribution is -2.18. The number of hydrogen-bond acceptors (Lipinski definition) is 1. The molecule has 84 valence electrons. The first-order valence-electron chi connectivity index (χ1n) is 6.53. The highest BCUT2D eigenvalue weighted by molar-refractivity contribution is 5.21. The Morgan fingerprint density at radius 1 is 1.20 bits per heavy atom. The molecule has 1 heterocycles. The lowest BCUT2D eigenvalue weighted by atomic mass is 9.86. The molecule has 1 aliphatic carbocycles. The van der Waals surface area contributed by atoms with Gasteiger partial charge >= 0.3 is 0 Å². The van der Waals surface area contributed by atoms with Gasteiger partial charge in [0.2, 0.25) is 0 Å². The van der Waals surface area contributed by atoms with Crippen molar-refractivity contribution in [3.8, 4) is 11.8 Å². The molecule has 0 radical (unpaired) electrons. The molecule has 1 aliphatic heterocycles. The summed E-state index contributed by atoms with van der Waals surface area (Å²) in [5.74, 6) is 6.58. The fourth-order valence-electron chi connectivity index (χ4n) is 2.52. The van der Waals surface area contributed by atoms with E-state index in [-0.39, 0.29) is 5.60 Å². The van der Waals surface area contributed by atoms with Gasteiger partial charge in [-0.2, -0.15) is 0 Å². The lowest BCUT2D eigenvalue weighted by Gasteiger charge is -2.16. The highest BCUT2D eigenvalue weighted by Gasteiger charge is 2.55. The first-order valence-corrected chi connectivity index (χ1v) is 6.53. The van der Waals surface area contributed by atoms with E-state index >= 15 is 0 Å². The SMILES string of the molecule is CCCCCC#C[C@H]1OC12CCCCC2. The monoisotopic (exact) mass is 206 g/mol. The summed E-state index contributed by atoms with van der Waals surface area (Å²) >= 11 is 0. The van der Waals surface area contributed by atoms with Crippen LogP contribution in [0.5, 0.6) is 0 Å². The van der Waals surface area contributed by atoms with Crippen molar-refractivity contribution in [2.45, 2.75) is 76.4 Å². The minimum Gasteiger partial charge on any atom is -0.352 e. The Morgan fingerprint density at radius 2 is 2.00 bits per heavy atom. The highest BCUT2D eigenvalue weighted by Crippen LogP contribution is 2.47. The Balaban J connectivity index is 1.68. The Morgan fingerprint density at radius 3 is 2.73 bits per heavy atom. The third-order valence-corrected chi connectivity index (χ3v) is 3.61. The summed E-state index contributed by atoms with van der Waals surface area (Å²) in [7, 11) is 0. The maximum absolute atomic E-state index is 5.78. The minimum absolute atomic E-state index is 0.218. The van der Waals surface area contributed by atoms with Crippen LogP contribution in [0.3, 0.4) is 0 Å². The van der Waals surface area contributed by atoms with E-state index < -0.39 is 0 Å². The molecule has 15 heavy (non-hydrogen) atoms. The molecule has 0 aromatic heterocycles. The van der Waals surface area contributed by atoms with Crippen LogP contribution < -0.4 is 0 Å². The molecule has 1 atom stereocenters. The molecule has 1 saturated carbocycles. The van der Waals surface area contributed by atoms with Crippen molar-refractivity contribution in [3.63, 3.8) is 0 Å². The van der Waals surface area contributed by atoms with Crippen LogP contribution in [-0.4, -0.2) is 11.7 Å². The van der Waals surface area contributed by atoms with E-state index in [0.717, 1.165) is 6.42 Å². The van der Waals surface area contributed by atoms with Crippen LogP contribution in [0.15, 0.2) is 0 Å². The van der Waals surface area contributed by atoms with Gasteiger partial charge in [-0.25, -0.2) is 0 Å². The van der Waals surface area contributed by atoms with Crippen molar-refractivity contribution >= 4 is 0 Å². The first-order chi connectivity index (χ1) is 7.37. The smallest absolute Gasteiger partial charge is 0.147 e. The van der Waals surface area contributed by atoms with Gasteiger partial charge in [0.25, 0.3) is 0 Å². The van der Waals surface area contributed by atoms with E-state index in [1.807, 2.05) is 0 Å². The molecule has 2 rings (SSSR count). The van der Waals surface area contributed by atoms with Crippen molar-refractivity contribution in [2.75, 3.05) is 0 Å². The first kappa shape index (κ1) is 11.0. The van der Waals surface area contributed by atoms with Crippen LogP contribution in [-0.2, 0) is 4.74 Å². The largest absolute Gasteiger partial charge is 0.352 e. The summed E-state index contributed by atoms with van der Waals surface area (Å²) in [4.78, 5) is 0. The Labute approximate surface area is 93.6 Å². The molecular weight excluding hydrogens is 184 g/mol. The molecule has 1 spiro atoms. The maximum atomic E-state index is 5.78. The maximum Gasteiger partial charge on any atom is 0.147 e. The van der Waals surface area contributed by atoms with E-state index in [1.165, 1.54) is 51.4 Å². The molecule has 0 bridgehead atoms. The topological polar surface area (TPSA) is 12.5 Å². The summed E-state index contributed by atoms with van der Waals surface area (Å²) < 4.78 is 5.78. The van der Waals surface area contributed by atoms with Gasteiger partial charge in [0.05, 0.1) is 0 Å². The summed E-state index contributed by atoms with van der Waals surface area (Å²) in [5.41, 5.74) is 0.218. The molecule has 1 saturated heterocycles. The number of ether oxygens (including phenoxy) is 1. The van der Waals surface area contributed by atoms with Crippen molar-refractivity contribution < 1.29 is 4.74 Å². The third-order valence-electron chi connectivity index (χ3n) is 3.61. The van der Waals surface area contributed by atoms with Gasteiger partial charge < -0.3 is 4.74 Å². The van der Waals surface area contributed by atoms with E-state index in [2.05, 4.69) is 18.8 Å². The number of rotatable bonds is 3. The van der Waals surface area contributed by atoms with Gasteiger partial charge in [0.1, 0.15) is 11.7 Å².